The summed E-state index contributed by atoms with van der Waals surface area (Å²) in [6, 6.07) is 0. The Bertz CT molecular complexity index is 180. The van der Waals surface area contributed by atoms with Crippen LogP contribution in [0.4, 0.5) is 0 Å². The molecule has 1 heteroatoms. The molecule has 0 aliphatic heterocycles. The standard InChI is InChI=1S/C12H22O/c1-12(2,3)13-11-7-6-9-4-5-10(9)8-11/h9-11H,4-8H2,1-3H3. The first-order chi connectivity index (χ1) is 6.04. The van der Waals surface area contributed by atoms with E-state index in [4.69, 9.17) is 4.74 Å². The Morgan fingerprint density at radius 2 is 1.54 bits per heavy atom. The van der Waals surface area contributed by atoms with Gasteiger partial charge in [-0.15, -0.1) is 0 Å². The van der Waals surface area contributed by atoms with Gasteiger partial charge in [0.05, 0.1) is 11.7 Å². The van der Waals surface area contributed by atoms with Crippen LogP contribution in [0.3, 0.4) is 0 Å². The van der Waals surface area contributed by atoms with Crippen LogP contribution in [0.2, 0.25) is 0 Å². The summed E-state index contributed by atoms with van der Waals surface area (Å²) in [7, 11) is 0. The van der Waals surface area contributed by atoms with Crippen molar-refractivity contribution >= 4 is 0 Å². The van der Waals surface area contributed by atoms with E-state index >= 15 is 0 Å². The Morgan fingerprint density at radius 3 is 2.00 bits per heavy atom. The maximum atomic E-state index is 6.03. The lowest BCUT2D eigenvalue weighted by atomic mass is 9.65. The van der Waals surface area contributed by atoms with E-state index in [1.54, 1.807) is 0 Å². The first-order valence-electron chi connectivity index (χ1n) is 5.72. The summed E-state index contributed by atoms with van der Waals surface area (Å²) in [5.74, 6) is 2.08. The number of hydrogen-bond donors (Lipinski definition) is 0. The molecule has 0 saturated heterocycles. The molecule has 0 radical (unpaired) electrons. The Morgan fingerprint density at radius 1 is 0.923 bits per heavy atom. The van der Waals surface area contributed by atoms with E-state index in [1.807, 2.05) is 0 Å². The van der Waals surface area contributed by atoms with Crippen molar-refractivity contribution in [2.75, 3.05) is 0 Å². The molecule has 0 N–H and O–H groups in total. The summed E-state index contributed by atoms with van der Waals surface area (Å²) in [6.07, 6.45) is 7.58. The third kappa shape index (κ3) is 2.25. The van der Waals surface area contributed by atoms with Crippen molar-refractivity contribution < 1.29 is 4.74 Å². The number of fused-ring (bicyclic) bond motifs is 1. The van der Waals surface area contributed by atoms with Crippen LogP contribution in [0.1, 0.15) is 52.9 Å². The van der Waals surface area contributed by atoms with Crippen LogP contribution in [0.25, 0.3) is 0 Å². The van der Waals surface area contributed by atoms with Gasteiger partial charge in [0.25, 0.3) is 0 Å². The van der Waals surface area contributed by atoms with Crippen molar-refractivity contribution in [3.05, 3.63) is 0 Å². The summed E-state index contributed by atoms with van der Waals surface area (Å²) in [4.78, 5) is 0. The third-order valence-corrected chi connectivity index (χ3v) is 3.52. The number of hydrogen-bond acceptors (Lipinski definition) is 1. The highest BCUT2D eigenvalue weighted by Crippen LogP contribution is 2.45. The fourth-order valence-corrected chi connectivity index (χ4v) is 2.79. The van der Waals surface area contributed by atoms with Crippen molar-refractivity contribution in [1.82, 2.24) is 0 Å². The Balaban J connectivity index is 1.81. The smallest absolute Gasteiger partial charge is 0.0602 e. The molecule has 0 heterocycles. The molecular formula is C12H22O. The number of rotatable bonds is 1. The lowest BCUT2D eigenvalue weighted by Crippen LogP contribution is -2.39. The van der Waals surface area contributed by atoms with Gasteiger partial charge in [-0.05, 0) is 64.7 Å². The van der Waals surface area contributed by atoms with Crippen LogP contribution in [-0.4, -0.2) is 11.7 Å². The van der Waals surface area contributed by atoms with Gasteiger partial charge in [-0.2, -0.15) is 0 Å². The maximum absolute atomic E-state index is 6.03. The molecule has 0 aromatic heterocycles. The summed E-state index contributed by atoms with van der Waals surface area (Å²) in [5, 5.41) is 0. The molecule has 2 rings (SSSR count). The topological polar surface area (TPSA) is 9.23 Å². The molecular weight excluding hydrogens is 160 g/mol. The Labute approximate surface area is 81.9 Å². The lowest BCUT2D eigenvalue weighted by Gasteiger charge is -2.45. The zero-order valence-electron chi connectivity index (χ0n) is 9.18. The van der Waals surface area contributed by atoms with E-state index in [0.717, 1.165) is 11.8 Å². The molecule has 76 valence electrons. The third-order valence-electron chi connectivity index (χ3n) is 3.52. The van der Waals surface area contributed by atoms with Gasteiger partial charge >= 0.3 is 0 Å². The molecule has 0 aromatic carbocycles. The fourth-order valence-electron chi connectivity index (χ4n) is 2.79. The second kappa shape index (κ2) is 3.27. The normalized spacial score (nSPS) is 39.5. The van der Waals surface area contributed by atoms with Gasteiger partial charge in [-0.1, -0.05) is 0 Å². The zero-order valence-corrected chi connectivity index (χ0v) is 9.18. The van der Waals surface area contributed by atoms with E-state index in [9.17, 15) is 0 Å². The molecule has 2 saturated carbocycles. The van der Waals surface area contributed by atoms with Crippen molar-refractivity contribution in [1.29, 1.82) is 0 Å². The predicted octanol–water partition coefficient (Wildman–Crippen LogP) is 3.38. The van der Waals surface area contributed by atoms with E-state index < -0.39 is 0 Å². The van der Waals surface area contributed by atoms with Crippen LogP contribution in [0.5, 0.6) is 0 Å². The molecule has 13 heavy (non-hydrogen) atoms. The van der Waals surface area contributed by atoms with E-state index in [1.165, 1.54) is 32.1 Å². The second-order valence-corrected chi connectivity index (χ2v) is 5.76. The molecule has 3 atom stereocenters. The largest absolute Gasteiger partial charge is 0.373 e. The SMILES string of the molecule is CC(C)(C)OC1CCC2CCC2C1. The Kier molecular flexibility index (Phi) is 2.39. The minimum Gasteiger partial charge on any atom is -0.373 e. The van der Waals surface area contributed by atoms with E-state index in [2.05, 4.69) is 20.8 Å². The van der Waals surface area contributed by atoms with E-state index in [-0.39, 0.29) is 5.60 Å². The minimum atomic E-state index is 0.0568. The minimum absolute atomic E-state index is 0.0568. The summed E-state index contributed by atoms with van der Waals surface area (Å²) >= 11 is 0. The quantitative estimate of drug-likeness (QED) is 0.604. The highest BCUT2D eigenvalue weighted by molar-refractivity contribution is 4.88. The number of ether oxygens (including phenoxy) is 1. The van der Waals surface area contributed by atoms with Crippen LogP contribution >= 0.6 is 0 Å². The molecule has 0 bridgehead atoms. The highest BCUT2D eigenvalue weighted by atomic mass is 16.5. The summed E-state index contributed by atoms with van der Waals surface area (Å²) in [6.45, 7) is 6.50. The van der Waals surface area contributed by atoms with E-state index in [0.29, 0.717) is 6.10 Å². The van der Waals surface area contributed by atoms with Gasteiger partial charge in [0.15, 0.2) is 0 Å². The van der Waals surface area contributed by atoms with Gasteiger partial charge in [0.2, 0.25) is 0 Å². The van der Waals surface area contributed by atoms with Crippen molar-refractivity contribution in [3.8, 4) is 0 Å². The van der Waals surface area contributed by atoms with Gasteiger partial charge in [0, 0.05) is 0 Å². The van der Waals surface area contributed by atoms with Gasteiger partial charge in [-0.25, -0.2) is 0 Å². The average Bonchev–Trinajstić information content (AvgIpc) is 1.92. The molecule has 2 fully saturated rings. The average molecular weight is 182 g/mol. The molecule has 1 nitrogen and oxygen atoms in total. The maximum Gasteiger partial charge on any atom is 0.0602 e. The van der Waals surface area contributed by atoms with Crippen LogP contribution in [0, 0.1) is 11.8 Å². The van der Waals surface area contributed by atoms with Crippen LogP contribution < -0.4 is 0 Å². The lowest BCUT2D eigenvalue weighted by molar-refractivity contribution is -0.102. The van der Waals surface area contributed by atoms with Crippen molar-refractivity contribution in [2.45, 2.75) is 64.6 Å². The summed E-state index contributed by atoms with van der Waals surface area (Å²) < 4.78 is 6.03. The molecule has 2 aliphatic rings. The molecule has 0 aromatic rings. The first kappa shape index (κ1) is 9.51. The predicted molar refractivity (Wildman–Crippen MR) is 54.7 cm³/mol. The molecule has 0 spiro atoms. The molecule has 2 aliphatic carbocycles. The van der Waals surface area contributed by atoms with Gasteiger partial charge in [0.1, 0.15) is 0 Å². The summed E-state index contributed by atoms with van der Waals surface area (Å²) in [5.41, 5.74) is 0.0568. The zero-order chi connectivity index (χ0) is 9.47. The van der Waals surface area contributed by atoms with Crippen molar-refractivity contribution in [3.63, 3.8) is 0 Å². The van der Waals surface area contributed by atoms with Gasteiger partial charge < -0.3 is 4.74 Å². The first-order valence-corrected chi connectivity index (χ1v) is 5.72. The van der Waals surface area contributed by atoms with Gasteiger partial charge in [-0.3, -0.25) is 0 Å². The van der Waals surface area contributed by atoms with Crippen LogP contribution in [-0.2, 0) is 4.74 Å². The highest BCUT2D eigenvalue weighted by Gasteiger charge is 2.37. The molecule has 0 amide bonds. The fraction of sp³-hybridized carbons (Fsp3) is 1.00. The monoisotopic (exact) mass is 182 g/mol. The van der Waals surface area contributed by atoms with Crippen LogP contribution in [0.15, 0.2) is 0 Å². The Hall–Kier alpha value is -0.0400. The second-order valence-electron chi connectivity index (χ2n) is 5.76. The van der Waals surface area contributed by atoms with Crippen molar-refractivity contribution in [2.24, 2.45) is 11.8 Å². The molecule has 3 unspecified atom stereocenters.